The number of fused-ring (bicyclic) bond motifs is 5. The lowest BCUT2D eigenvalue weighted by Crippen LogP contribution is -2.65. The highest BCUT2D eigenvalue weighted by molar-refractivity contribution is 5.67. The highest BCUT2D eigenvalue weighted by Crippen LogP contribution is 2.69. The van der Waals surface area contributed by atoms with E-state index < -0.39 is 5.97 Å². The molecule has 0 aromatic heterocycles. The summed E-state index contributed by atoms with van der Waals surface area (Å²) in [5, 5.41) is 32.7. The molecule has 4 saturated carbocycles. The van der Waals surface area contributed by atoms with Crippen molar-refractivity contribution in [2.45, 2.75) is 98.2 Å². The van der Waals surface area contributed by atoms with Crippen LogP contribution in [0.15, 0.2) is 0 Å². The van der Waals surface area contributed by atoms with E-state index in [4.69, 9.17) is 0 Å². The van der Waals surface area contributed by atoms with Gasteiger partial charge in [-0.05, 0) is 90.3 Å². The molecule has 4 heteroatoms. The average Bonchev–Trinajstić information content (AvgIpc) is 2.99. The lowest BCUT2D eigenvalue weighted by atomic mass is 9.40. The molecule has 0 aromatic rings. The van der Waals surface area contributed by atoms with Crippen LogP contribution in [0, 0.1) is 58.2 Å². The number of carbonyl (C=O) groups is 1. The zero-order valence-electron chi connectivity index (χ0n) is 19.7. The summed E-state index contributed by atoms with van der Waals surface area (Å²) in [5.74, 6) is 1.97. The summed E-state index contributed by atoms with van der Waals surface area (Å²) in [4.78, 5) is 11.4. The second kappa shape index (κ2) is 7.76. The van der Waals surface area contributed by atoms with Gasteiger partial charge in [0.05, 0.1) is 12.2 Å². The minimum Gasteiger partial charge on any atom is -0.481 e. The molecule has 4 nitrogen and oxygen atoms in total. The molecule has 4 fully saturated rings. The Bertz CT molecular complexity index is 663. The number of rotatable bonds is 4. The fourth-order valence-electron chi connectivity index (χ4n) is 9.69. The molecular formula is C26H44O4. The van der Waals surface area contributed by atoms with E-state index in [1.165, 1.54) is 19.3 Å². The van der Waals surface area contributed by atoms with Crippen LogP contribution in [0.5, 0.6) is 0 Å². The maximum absolute atomic E-state index is 11.7. The molecule has 0 heterocycles. The molecular weight excluding hydrogens is 376 g/mol. The van der Waals surface area contributed by atoms with Gasteiger partial charge >= 0.3 is 5.97 Å². The third kappa shape index (κ3) is 3.18. The third-order valence-electron chi connectivity index (χ3n) is 10.9. The predicted octanol–water partition coefficient (Wildman–Crippen LogP) is 4.97. The summed E-state index contributed by atoms with van der Waals surface area (Å²) in [6.45, 7) is 11.4. The first kappa shape index (κ1) is 22.6. The Hall–Kier alpha value is -0.610. The number of aliphatic hydroxyl groups excluding tert-OH is 2. The zero-order valence-corrected chi connectivity index (χ0v) is 19.7. The van der Waals surface area contributed by atoms with Crippen molar-refractivity contribution >= 4 is 5.97 Å². The molecule has 0 saturated heterocycles. The molecule has 0 amide bonds. The predicted molar refractivity (Wildman–Crippen MR) is 118 cm³/mol. The second-order valence-electron chi connectivity index (χ2n) is 12.3. The molecule has 30 heavy (non-hydrogen) atoms. The lowest BCUT2D eigenvalue weighted by molar-refractivity contribution is -0.232. The van der Waals surface area contributed by atoms with Crippen molar-refractivity contribution in [2.24, 2.45) is 58.2 Å². The quantitative estimate of drug-likeness (QED) is 0.600. The van der Waals surface area contributed by atoms with E-state index in [0.717, 1.165) is 25.7 Å². The van der Waals surface area contributed by atoms with Crippen molar-refractivity contribution in [3.8, 4) is 0 Å². The zero-order chi connectivity index (χ0) is 22.0. The van der Waals surface area contributed by atoms with Crippen LogP contribution in [-0.2, 0) is 4.79 Å². The van der Waals surface area contributed by atoms with Crippen LogP contribution in [0.2, 0.25) is 0 Å². The van der Waals surface area contributed by atoms with Gasteiger partial charge in [0.15, 0.2) is 0 Å². The summed E-state index contributed by atoms with van der Waals surface area (Å²) >= 11 is 0. The monoisotopic (exact) mass is 420 g/mol. The normalized spacial score (nSPS) is 54.0. The van der Waals surface area contributed by atoms with Crippen LogP contribution in [-0.4, -0.2) is 33.5 Å². The molecule has 0 aliphatic heterocycles. The molecule has 0 radical (unpaired) electrons. The summed E-state index contributed by atoms with van der Waals surface area (Å²) in [6.07, 6.45) is 6.95. The molecule has 12 atom stereocenters. The van der Waals surface area contributed by atoms with Gasteiger partial charge in [-0.2, -0.15) is 0 Å². The van der Waals surface area contributed by atoms with Crippen molar-refractivity contribution in [3.05, 3.63) is 0 Å². The molecule has 4 rings (SSSR count). The van der Waals surface area contributed by atoms with Crippen molar-refractivity contribution in [1.82, 2.24) is 0 Å². The molecule has 4 aliphatic carbocycles. The van der Waals surface area contributed by atoms with Gasteiger partial charge in [0.25, 0.3) is 0 Å². The number of aliphatic carboxylic acids is 1. The first-order valence-corrected chi connectivity index (χ1v) is 12.6. The summed E-state index contributed by atoms with van der Waals surface area (Å²) in [5.41, 5.74) is 0.0441. The van der Waals surface area contributed by atoms with Gasteiger partial charge in [-0.1, -0.05) is 47.5 Å². The van der Waals surface area contributed by atoms with E-state index in [2.05, 4.69) is 34.6 Å². The maximum atomic E-state index is 11.7. The van der Waals surface area contributed by atoms with Crippen LogP contribution in [0.3, 0.4) is 0 Å². The highest BCUT2D eigenvalue weighted by atomic mass is 16.4. The van der Waals surface area contributed by atoms with Crippen molar-refractivity contribution in [3.63, 3.8) is 0 Å². The van der Waals surface area contributed by atoms with E-state index >= 15 is 0 Å². The fourth-order valence-corrected chi connectivity index (χ4v) is 9.69. The van der Waals surface area contributed by atoms with Gasteiger partial charge in [-0.3, -0.25) is 4.79 Å². The molecule has 3 N–H and O–H groups in total. The summed E-state index contributed by atoms with van der Waals surface area (Å²) in [7, 11) is 0. The summed E-state index contributed by atoms with van der Waals surface area (Å²) < 4.78 is 0. The fraction of sp³-hybridized carbons (Fsp3) is 0.962. The van der Waals surface area contributed by atoms with E-state index in [9.17, 15) is 20.1 Å². The van der Waals surface area contributed by atoms with Gasteiger partial charge in [0.1, 0.15) is 0 Å². The van der Waals surface area contributed by atoms with Gasteiger partial charge in [0, 0.05) is 6.42 Å². The molecule has 0 bridgehead atoms. The Balaban J connectivity index is 1.71. The van der Waals surface area contributed by atoms with E-state index in [-0.39, 0.29) is 47.2 Å². The summed E-state index contributed by atoms with van der Waals surface area (Å²) in [6, 6.07) is 0. The van der Waals surface area contributed by atoms with Gasteiger partial charge in [-0.25, -0.2) is 0 Å². The van der Waals surface area contributed by atoms with Crippen molar-refractivity contribution in [1.29, 1.82) is 0 Å². The first-order valence-electron chi connectivity index (χ1n) is 12.6. The smallest absolute Gasteiger partial charge is 0.303 e. The Morgan fingerprint density at radius 3 is 2.43 bits per heavy atom. The van der Waals surface area contributed by atoms with E-state index in [0.29, 0.717) is 29.6 Å². The maximum Gasteiger partial charge on any atom is 0.303 e. The van der Waals surface area contributed by atoms with Crippen molar-refractivity contribution in [2.75, 3.05) is 0 Å². The molecule has 4 aliphatic rings. The average molecular weight is 421 g/mol. The van der Waals surface area contributed by atoms with Crippen LogP contribution in [0.25, 0.3) is 0 Å². The van der Waals surface area contributed by atoms with Crippen LogP contribution < -0.4 is 0 Å². The SMILES string of the molecule is CC[C@H]1C(O)C2C3CC[C@H]([C@H](C)CC(=O)O)[C@@]3(C)CC(O)C2[C@@]2(C)CC[C@@H](C)C[C@@H]12. The minimum atomic E-state index is -0.723. The van der Waals surface area contributed by atoms with Crippen LogP contribution >= 0.6 is 0 Å². The number of carboxylic acids is 1. The standard InChI is InChI=1S/C26H44O4/c1-6-16-19-11-14(2)9-10-25(19,4)23-20(27)13-26(5)17(15(3)12-21(28)29)7-8-18(26)22(23)24(16)30/h14-20,22-24,27,30H,6-13H2,1-5H3,(H,28,29)/t14-,15-,16-,17-,18?,19+,20?,22?,23?,24?,25+,26-/m1/s1. The lowest BCUT2D eigenvalue weighted by Gasteiger charge is -2.66. The molecule has 0 spiro atoms. The minimum absolute atomic E-state index is 0.0696. The number of hydrogen-bond donors (Lipinski definition) is 3. The molecule has 5 unspecified atom stereocenters. The molecule has 0 aromatic carbocycles. The Labute approximate surface area is 182 Å². The third-order valence-corrected chi connectivity index (χ3v) is 10.9. The first-order chi connectivity index (χ1) is 14.0. The Kier molecular flexibility index (Phi) is 5.84. The van der Waals surface area contributed by atoms with Gasteiger partial charge < -0.3 is 15.3 Å². The van der Waals surface area contributed by atoms with E-state index in [1.807, 2.05) is 0 Å². The van der Waals surface area contributed by atoms with Gasteiger partial charge in [-0.15, -0.1) is 0 Å². The van der Waals surface area contributed by atoms with Crippen LogP contribution in [0.4, 0.5) is 0 Å². The Morgan fingerprint density at radius 1 is 1.10 bits per heavy atom. The van der Waals surface area contributed by atoms with Crippen LogP contribution in [0.1, 0.15) is 86.0 Å². The largest absolute Gasteiger partial charge is 0.481 e. The number of aliphatic hydroxyl groups is 2. The molecule has 172 valence electrons. The Morgan fingerprint density at radius 2 is 1.80 bits per heavy atom. The number of carboxylic acid groups (broad SMARTS) is 1. The van der Waals surface area contributed by atoms with Crippen molar-refractivity contribution < 1.29 is 20.1 Å². The number of hydrogen-bond acceptors (Lipinski definition) is 3. The van der Waals surface area contributed by atoms with E-state index in [1.54, 1.807) is 0 Å². The topological polar surface area (TPSA) is 77.8 Å². The van der Waals surface area contributed by atoms with Gasteiger partial charge in [0.2, 0.25) is 0 Å². The second-order valence-corrected chi connectivity index (χ2v) is 12.3. The highest BCUT2D eigenvalue weighted by Gasteiger charge is 2.67.